The Morgan fingerprint density at radius 3 is 2.26 bits per heavy atom. The summed E-state index contributed by atoms with van der Waals surface area (Å²) in [5, 5.41) is 2.28. The number of carbonyl (C=O) groups is 3. The lowest BCUT2D eigenvalue weighted by atomic mass is 9.99. The Morgan fingerprint density at radius 1 is 1.11 bits per heavy atom. The summed E-state index contributed by atoms with van der Waals surface area (Å²) in [5.41, 5.74) is -0.975. The standard InChI is InChI=1S/C13H21N3O3/c1-13(2)11(18)14-10(17)9-16(13)12(19)15-7-5-3-4-6-8-15/h3-9H2,1-2H3,(H,14,17,18). The topological polar surface area (TPSA) is 69.7 Å². The van der Waals surface area contributed by atoms with Crippen LogP contribution in [0.5, 0.6) is 0 Å². The molecule has 2 heterocycles. The van der Waals surface area contributed by atoms with Crippen molar-refractivity contribution in [1.29, 1.82) is 0 Å². The van der Waals surface area contributed by atoms with E-state index in [1.165, 1.54) is 4.90 Å². The van der Waals surface area contributed by atoms with Crippen molar-refractivity contribution in [3.63, 3.8) is 0 Å². The normalized spacial score (nSPS) is 23.9. The molecule has 0 atom stereocenters. The Morgan fingerprint density at radius 2 is 1.68 bits per heavy atom. The van der Waals surface area contributed by atoms with Crippen LogP contribution < -0.4 is 5.32 Å². The molecule has 0 aromatic carbocycles. The molecule has 0 bridgehead atoms. The van der Waals surface area contributed by atoms with Crippen molar-refractivity contribution in [2.45, 2.75) is 45.1 Å². The van der Waals surface area contributed by atoms with Gasteiger partial charge in [-0.25, -0.2) is 4.79 Å². The van der Waals surface area contributed by atoms with Crippen molar-refractivity contribution in [3.8, 4) is 0 Å². The Balaban J connectivity index is 2.15. The molecule has 0 radical (unpaired) electrons. The van der Waals surface area contributed by atoms with Gasteiger partial charge in [-0.05, 0) is 26.7 Å². The molecule has 2 aliphatic rings. The molecule has 6 nitrogen and oxygen atoms in total. The van der Waals surface area contributed by atoms with Gasteiger partial charge in [0.1, 0.15) is 12.1 Å². The number of hydrogen-bond donors (Lipinski definition) is 1. The first-order chi connectivity index (χ1) is 8.93. The van der Waals surface area contributed by atoms with E-state index < -0.39 is 17.4 Å². The number of carbonyl (C=O) groups excluding carboxylic acids is 3. The fourth-order valence-electron chi connectivity index (χ4n) is 2.52. The Hall–Kier alpha value is -1.59. The van der Waals surface area contributed by atoms with Crippen LogP contribution >= 0.6 is 0 Å². The molecule has 6 heteroatoms. The number of rotatable bonds is 0. The third-order valence-corrected chi connectivity index (χ3v) is 3.89. The van der Waals surface area contributed by atoms with Gasteiger partial charge in [0.2, 0.25) is 5.91 Å². The van der Waals surface area contributed by atoms with Gasteiger partial charge in [-0.2, -0.15) is 0 Å². The highest BCUT2D eigenvalue weighted by Crippen LogP contribution is 2.21. The minimum Gasteiger partial charge on any atom is -0.325 e. The SMILES string of the molecule is CC1(C)C(=O)NC(=O)CN1C(=O)N1CCCCCC1. The van der Waals surface area contributed by atoms with Gasteiger partial charge >= 0.3 is 6.03 Å². The number of piperazine rings is 1. The van der Waals surface area contributed by atoms with Gasteiger partial charge in [0.25, 0.3) is 5.91 Å². The van der Waals surface area contributed by atoms with E-state index in [2.05, 4.69) is 5.32 Å². The molecule has 0 aromatic heterocycles. The quantitative estimate of drug-likeness (QED) is 0.657. The molecule has 0 aliphatic carbocycles. The van der Waals surface area contributed by atoms with Crippen LogP contribution in [0.15, 0.2) is 0 Å². The van der Waals surface area contributed by atoms with E-state index in [9.17, 15) is 14.4 Å². The number of amides is 4. The monoisotopic (exact) mass is 267 g/mol. The van der Waals surface area contributed by atoms with Crippen molar-refractivity contribution in [3.05, 3.63) is 0 Å². The average molecular weight is 267 g/mol. The molecule has 19 heavy (non-hydrogen) atoms. The second-order valence-electron chi connectivity index (χ2n) is 5.71. The molecule has 0 unspecified atom stereocenters. The van der Waals surface area contributed by atoms with Crippen LogP contribution in [-0.2, 0) is 9.59 Å². The van der Waals surface area contributed by atoms with Gasteiger partial charge in [0.15, 0.2) is 0 Å². The largest absolute Gasteiger partial charge is 0.325 e. The second kappa shape index (κ2) is 5.19. The molecular weight excluding hydrogens is 246 g/mol. The van der Waals surface area contributed by atoms with Crippen LogP contribution in [-0.4, -0.2) is 52.8 Å². The molecule has 106 valence electrons. The maximum absolute atomic E-state index is 12.5. The molecule has 0 aromatic rings. The van der Waals surface area contributed by atoms with Gasteiger partial charge in [0.05, 0.1) is 0 Å². The zero-order valence-electron chi connectivity index (χ0n) is 11.6. The lowest BCUT2D eigenvalue weighted by Crippen LogP contribution is -2.67. The van der Waals surface area contributed by atoms with Crippen molar-refractivity contribution in [2.24, 2.45) is 0 Å². The van der Waals surface area contributed by atoms with E-state index >= 15 is 0 Å². The third-order valence-electron chi connectivity index (χ3n) is 3.89. The van der Waals surface area contributed by atoms with Crippen LogP contribution in [0.1, 0.15) is 39.5 Å². The summed E-state index contributed by atoms with van der Waals surface area (Å²) in [6, 6.07) is -0.199. The Bertz CT molecular complexity index is 398. The fraction of sp³-hybridized carbons (Fsp3) is 0.769. The van der Waals surface area contributed by atoms with Crippen LogP contribution in [0.3, 0.4) is 0 Å². The highest BCUT2D eigenvalue weighted by atomic mass is 16.2. The maximum Gasteiger partial charge on any atom is 0.321 e. The van der Waals surface area contributed by atoms with Gasteiger partial charge in [-0.15, -0.1) is 0 Å². The molecule has 2 rings (SSSR count). The number of urea groups is 1. The maximum atomic E-state index is 12.5. The summed E-state index contributed by atoms with van der Waals surface area (Å²) in [6.07, 6.45) is 4.24. The molecule has 4 amide bonds. The van der Waals surface area contributed by atoms with Gasteiger partial charge < -0.3 is 9.80 Å². The zero-order valence-corrected chi connectivity index (χ0v) is 11.6. The minimum atomic E-state index is -0.975. The van der Waals surface area contributed by atoms with E-state index in [-0.39, 0.29) is 12.6 Å². The van der Waals surface area contributed by atoms with Gasteiger partial charge in [-0.3, -0.25) is 14.9 Å². The Labute approximate surface area is 113 Å². The first-order valence-corrected chi connectivity index (χ1v) is 6.84. The highest BCUT2D eigenvalue weighted by molar-refractivity contribution is 6.05. The first-order valence-electron chi connectivity index (χ1n) is 6.84. The van der Waals surface area contributed by atoms with Crippen molar-refractivity contribution in [1.82, 2.24) is 15.1 Å². The summed E-state index contributed by atoms with van der Waals surface area (Å²) >= 11 is 0. The smallest absolute Gasteiger partial charge is 0.321 e. The third kappa shape index (κ3) is 2.72. The van der Waals surface area contributed by atoms with Crippen molar-refractivity contribution >= 4 is 17.8 Å². The predicted molar refractivity (Wildman–Crippen MR) is 69.4 cm³/mol. The number of hydrogen-bond acceptors (Lipinski definition) is 3. The minimum absolute atomic E-state index is 0.0475. The molecule has 2 fully saturated rings. The Kier molecular flexibility index (Phi) is 3.78. The van der Waals surface area contributed by atoms with E-state index in [0.29, 0.717) is 13.1 Å². The molecule has 2 aliphatic heterocycles. The predicted octanol–water partition coefficient (Wildman–Crippen LogP) is 0.719. The molecule has 0 saturated carbocycles. The highest BCUT2D eigenvalue weighted by Gasteiger charge is 2.44. The molecule has 1 N–H and O–H groups in total. The average Bonchev–Trinajstić information content (AvgIpc) is 2.62. The van der Waals surface area contributed by atoms with Crippen molar-refractivity contribution in [2.75, 3.05) is 19.6 Å². The van der Waals surface area contributed by atoms with Crippen LogP contribution in [0.4, 0.5) is 4.79 Å². The van der Waals surface area contributed by atoms with Crippen LogP contribution in [0, 0.1) is 0 Å². The van der Waals surface area contributed by atoms with E-state index in [4.69, 9.17) is 0 Å². The van der Waals surface area contributed by atoms with Crippen LogP contribution in [0.25, 0.3) is 0 Å². The summed E-state index contributed by atoms with van der Waals surface area (Å²) < 4.78 is 0. The van der Waals surface area contributed by atoms with Crippen molar-refractivity contribution < 1.29 is 14.4 Å². The lowest BCUT2D eigenvalue weighted by Gasteiger charge is -2.42. The summed E-state index contributed by atoms with van der Waals surface area (Å²) in [6.45, 7) is 4.71. The van der Waals surface area contributed by atoms with E-state index in [1.807, 2.05) is 0 Å². The molecular formula is C13H21N3O3. The fourth-order valence-corrected chi connectivity index (χ4v) is 2.52. The lowest BCUT2D eigenvalue weighted by molar-refractivity contribution is -0.143. The number of nitrogens with zero attached hydrogens (tertiary/aromatic N) is 2. The number of likely N-dealkylation sites (tertiary alicyclic amines) is 1. The first kappa shape index (κ1) is 13.8. The summed E-state index contributed by atoms with van der Waals surface area (Å²) in [4.78, 5) is 39.0. The van der Waals surface area contributed by atoms with Gasteiger partial charge in [-0.1, -0.05) is 12.8 Å². The van der Waals surface area contributed by atoms with E-state index in [1.54, 1.807) is 18.7 Å². The van der Waals surface area contributed by atoms with Crippen LogP contribution in [0.2, 0.25) is 0 Å². The summed E-state index contributed by atoms with van der Waals surface area (Å²) in [5.74, 6) is -0.820. The second-order valence-corrected chi connectivity index (χ2v) is 5.71. The van der Waals surface area contributed by atoms with Gasteiger partial charge in [0, 0.05) is 13.1 Å². The number of imide groups is 1. The van der Waals surface area contributed by atoms with E-state index in [0.717, 1.165) is 25.7 Å². The molecule has 2 saturated heterocycles. The summed E-state index contributed by atoms with van der Waals surface area (Å²) in [7, 11) is 0. The number of nitrogens with one attached hydrogen (secondary N) is 1. The molecule has 0 spiro atoms. The zero-order chi connectivity index (χ0) is 14.0.